The van der Waals surface area contributed by atoms with Crippen molar-refractivity contribution in [3.8, 4) is 0 Å². The lowest BCUT2D eigenvalue weighted by Gasteiger charge is -2.15. The summed E-state index contributed by atoms with van der Waals surface area (Å²) in [6, 6.07) is 14.8. The van der Waals surface area contributed by atoms with Gasteiger partial charge in [-0.25, -0.2) is 8.42 Å². The molecule has 0 saturated carbocycles. The van der Waals surface area contributed by atoms with Crippen LogP contribution in [0.15, 0.2) is 53.4 Å². The van der Waals surface area contributed by atoms with Gasteiger partial charge in [0.2, 0.25) is 10.0 Å². The number of fused-ring (bicyclic) bond motifs is 1. The Kier molecular flexibility index (Phi) is 6.31. The van der Waals surface area contributed by atoms with Crippen LogP contribution < -0.4 is 5.32 Å². The zero-order valence-corrected chi connectivity index (χ0v) is 19.6. The molecule has 1 saturated heterocycles. The molecule has 0 spiro atoms. The first-order valence-electron chi connectivity index (χ1n) is 11.0. The Hall–Kier alpha value is -2.77. The molecule has 0 radical (unpaired) electrons. The van der Waals surface area contributed by atoms with Gasteiger partial charge < -0.3 is 5.32 Å². The third-order valence-electron chi connectivity index (χ3n) is 6.02. The highest BCUT2D eigenvalue weighted by Crippen LogP contribution is 2.23. The summed E-state index contributed by atoms with van der Waals surface area (Å²) in [6.07, 6.45) is 1.82. The predicted octanol–water partition coefficient (Wildman–Crippen LogP) is 4.38. The van der Waals surface area contributed by atoms with Crippen LogP contribution in [0.2, 0.25) is 0 Å². The molecule has 2 aromatic carbocycles. The minimum Gasteiger partial charge on any atom is -0.348 e. The van der Waals surface area contributed by atoms with E-state index in [1.54, 1.807) is 24.3 Å². The molecule has 0 unspecified atom stereocenters. The van der Waals surface area contributed by atoms with Crippen LogP contribution in [0.3, 0.4) is 0 Å². The lowest BCUT2D eigenvalue weighted by molar-refractivity contribution is 0.0950. The second-order valence-electron chi connectivity index (χ2n) is 8.67. The minimum atomic E-state index is -3.43. The van der Waals surface area contributed by atoms with E-state index in [4.69, 9.17) is 0 Å². The van der Waals surface area contributed by atoms with Crippen LogP contribution in [0.5, 0.6) is 0 Å². The first-order chi connectivity index (χ1) is 15.3. The Morgan fingerprint density at radius 3 is 2.41 bits per heavy atom. The molecule has 0 aliphatic carbocycles. The molecule has 0 bridgehead atoms. The summed E-state index contributed by atoms with van der Waals surface area (Å²) in [5.74, 6) is 0.222. The number of nitrogens with zero attached hydrogens (tertiary/aromatic N) is 2. The lowest BCUT2D eigenvalue weighted by atomic mass is 10.0. The van der Waals surface area contributed by atoms with Gasteiger partial charge in [-0.15, -0.1) is 0 Å². The molecule has 0 atom stereocenters. The highest BCUT2D eigenvalue weighted by Gasteiger charge is 2.26. The normalized spacial score (nSPS) is 14.9. The average molecular weight is 452 g/mol. The van der Waals surface area contributed by atoms with Gasteiger partial charge in [0.15, 0.2) is 0 Å². The number of hydrogen-bond acceptors (Lipinski definition) is 4. The molecule has 6 nitrogen and oxygen atoms in total. The van der Waals surface area contributed by atoms with E-state index in [9.17, 15) is 13.2 Å². The molecular formula is C25H29N3O3S. The number of carbonyl (C=O) groups is 1. The van der Waals surface area contributed by atoms with Crippen LogP contribution in [0.4, 0.5) is 0 Å². The summed E-state index contributed by atoms with van der Waals surface area (Å²) in [4.78, 5) is 17.7. The van der Waals surface area contributed by atoms with Crippen LogP contribution >= 0.6 is 0 Å². The lowest BCUT2D eigenvalue weighted by Crippen LogP contribution is -2.28. The molecule has 1 N–H and O–H groups in total. The third kappa shape index (κ3) is 4.54. The molecule has 1 aliphatic rings. The maximum atomic E-state index is 12.8. The monoisotopic (exact) mass is 451 g/mol. The van der Waals surface area contributed by atoms with Crippen molar-refractivity contribution in [2.45, 2.75) is 51.0 Å². The van der Waals surface area contributed by atoms with Gasteiger partial charge in [-0.05, 0) is 61.1 Å². The van der Waals surface area contributed by atoms with E-state index < -0.39 is 10.0 Å². The van der Waals surface area contributed by atoms with Crippen molar-refractivity contribution in [1.29, 1.82) is 0 Å². The molecule has 168 valence electrons. The molecule has 7 heteroatoms. The van der Waals surface area contributed by atoms with Crippen molar-refractivity contribution in [3.63, 3.8) is 0 Å². The van der Waals surface area contributed by atoms with E-state index in [1.807, 2.05) is 19.1 Å². The Bertz CT molecular complexity index is 1250. The quantitative estimate of drug-likeness (QED) is 0.603. The molecule has 1 aromatic heterocycles. The molecule has 2 heterocycles. The fourth-order valence-electron chi connectivity index (χ4n) is 4.00. The number of benzene rings is 2. The number of carbonyl (C=O) groups excluding carboxylic acids is 1. The van der Waals surface area contributed by atoms with E-state index >= 15 is 0 Å². The van der Waals surface area contributed by atoms with Gasteiger partial charge >= 0.3 is 0 Å². The van der Waals surface area contributed by atoms with Crippen LogP contribution in [0.25, 0.3) is 10.9 Å². The highest BCUT2D eigenvalue weighted by molar-refractivity contribution is 7.89. The van der Waals surface area contributed by atoms with Gasteiger partial charge in [0.05, 0.1) is 21.7 Å². The second kappa shape index (κ2) is 9.00. The first-order valence-corrected chi connectivity index (χ1v) is 12.5. The van der Waals surface area contributed by atoms with E-state index in [1.165, 1.54) is 9.87 Å². The Labute approximate surface area is 189 Å². The highest BCUT2D eigenvalue weighted by atomic mass is 32.2. The Morgan fingerprint density at radius 1 is 1.06 bits per heavy atom. The topological polar surface area (TPSA) is 79.4 Å². The molecule has 4 rings (SSSR count). The zero-order valence-electron chi connectivity index (χ0n) is 18.8. The van der Waals surface area contributed by atoms with Crippen LogP contribution in [0.1, 0.15) is 59.8 Å². The number of aryl methyl sites for hydroxylation is 1. The number of nitrogens with one attached hydrogen (secondary N) is 1. The van der Waals surface area contributed by atoms with Gasteiger partial charge in [-0.1, -0.05) is 38.1 Å². The van der Waals surface area contributed by atoms with Crippen LogP contribution in [-0.4, -0.2) is 36.7 Å². The average Bonchev–Trinajstić information content (AvgIpc) is 3.33. The van der Waals surface area contributed by atoms with Crippen molar-refractivity contribution < 1.29 is 13.2 Å². The molecular weight excluding hydrogens is 422 g/mol. The Balaban J connectivity index is 1.46. The number of sulfonamides is 1. The maximum Gasteiger partial charge on any atom is 0.253 e. The predicted molar refractivity (Wildman–Crippen MR) is 126 cm³/mol. The van der Waals surface area contributed by atoms with Crippen LogP contribution in [0, 0.1) is 6.92 Å². The molecule has 1 fully saturated rings. The summed E-state index contributed by atoms with van der Waals surface area (Å²) < 4.78 is 26.8. The van der Waals surface area contributed by atoms with Crippen molar-refractivity contribution in [1.82, 2.24) is 14.6 Å². The zero-order chi connectivity index (χ0) is 22.9. The SMILES string of the molecule is Cc1nc2cc(C(C)C)ccc2cc1C(=O)NCc1ccc(S(=O)(=O)N2CCCC2)cc1. The summed E-state index contributed by atoms with van der Waals surface area (Å²) in [7, 11) is -3.43. The number of aromatic nitrogens is 1. The summed E-state index contributed by atoms with van der Waals surface area (Å²) >= 11 is 0. The summed E-state index contributed by atoms with van der Waals surface area (Å²) in [6.45, 7) is 7.60. The third-order valence-corrected chi connectivity index (χ3v) is 7.94. The number of amides is 1. The van der Waals surface area contributed by atoms with Crippen molar-refractivity contribution in [2.24, 2.45) is 0 Å². The number of hydrogen-bond donors (Lipinski definition) is 1. The van der Waals surface area contributed by atoms with Gasteiger partial charge in [-0.3, -0.25) is 9.78 Å². The van der Waals surface area contributed by atoms with Crippen molar-refractivity contribution >= 4 is 26.8 Å². The fraction of sp³-hybridized carbons (Fsp3) is 0.360. The standard InChI is InChI=1S/C25H29N3O3S/c1-17(2)20-8-9-21-14-23(18(3)27-24(21)15-20)25(29)26-16-19-6-10-22(11-7-19)32(30,31)28-12-4-5-13-28/h6-11,14-15,17H,4-5,12-13,16H2,1-3H3,(H,26,29). The molecule has 3 aromatic rings. The van der Waals surface area contributed by atoms with Gasteiger partial charge in [0.1, 0.15) is 0 Å². The fourth-order valence-corrected chi connectivity index (χ4v) is 5.52. The van der Waals surface area contributed by atoms with Crippen molar-refractivity contribution in [2.75, 3.05) is 13.1 Å². The van der Waals surface area contributed by atoms with E-state index in [0.717, 1.165) is 29.3 Å². The summed E-state index contributed by atoms with van der Waals surface area (Å²) in [5.41, 5.74) is 4.18. The first kappa shape index (κ1) is 22.4. The van der Waals surface area contributed by atoms with E-state index in [2.05, 4.69) is 36.3 Å². The Morgan fingerprint density at radius 2 is 1.75 bits per heavy atom. The maximum absolute atomic E-state index is 12.8. The minimum absolute atomic E-state index is 0.196. The van der Waals surface area contributed by atoms with Crippen LogP contribution in [-0.2, 0) is 16.6 Å². The van der Waals surface area contributed by atoms with Crippen molar-refractivity contribution in [3.05, 3.63) is 70.9 Å². The van der Waals surface area contributed by atoms with E-state index in [-0.39, 0.29) is 5.91 Å². The smallest absolute Gasteiger partial charge is 0.253 e. The number of pyridine rings is 1. The largest absolute Gasteiger partial charge is 0.348 e. The number of rotatable bonds is 6. The molecule has 1 amide bonds. The van der Waals surface area contributed by atoms with Gasteiger partial charge in [0.25, 0.3) is 5.91 Å². The molecule has 32 heavy (non-hydrogen) atoms. The van der Waals surface area contributed by atoms with Gasteiger partial charge in [0, 0.05) is 25.0 Å². The summed E-state index contributed by atoms with van der Waals surface area (Å²) in [5, 5.41) is 3.86. The van der Waals surface area contributed by atoms with Gasteiger partial charge in [-0.2, -0.15) is 4.31 Å². The molecule has 1 aliphatic heterocycles. The van der Waals surface area contributed by atoms with E-state index in [0.29, 0.717) is 41.7 Å². The second-order valence-corrected chi connectivity index (χ2v) is 10.6.